The third-order valence-corrected chi connectivity index (χ3v) is 6.04. The normalized spacial score (nSPS) is 12.0. The standard InChI is InChI=1S/C20H28N4O4S/c1-6-28-17-12-11-16(13-18(17)27-5)23-20(21-2)22-14-15-9-7-8-10-19(15)29(25,26)24(3)4/h7-13H,6,14H2,1-5H3,(H2,21,22,23). The summed E-state index contributed by atoms with van der Waals surface area (Å²) in [5, 5.41) is 6.31. The molecule has 0 fully saturated rings. The van der Waals surface area contributed by atoms with Crippen molar-refractivity contribution >= 4 is 21.7 Å². The van der Waals surface area contributed by atoms with E-state index in [4.69, 9.17) is 9.47 Å². The molecule has 0 saturated carbocycles. The van der Waals surface area contributed by atoms with Crippen molar-refractivity contribution in [1.29, 1.82) is 0 Å². The maximum absolute atomic E-state index is 12.5. The molecule has 0 aliphatic carbocycles. The molecule has 0 spiro atoms. The van der Waals surface area contributed by atoms with Crippen LogP contribution >= 0.6 is 0 Å². The first kappa shape index (κ1) is 22.5. The first-order valence-corrected chi connectivity index (χ1v) is 10.6. The predicted octanol–water partition coefficient (Wildman–Crippen LogP) is 2.53. The van der Waals surface area contributed by atoms with Gasteiger partial charge in [0, 0.05) is 39.4 Å². The second kappa shape index (κ2) is 10.1. The summed E-state index contributed by atoms with van der Waals surface area (Å²) in [5.74, 6) is 1.76. The Morgan fingerprint density at radius 2 is 1.86 bits per heavy atom. The molecule has 0 unspecified atom stereocenters. The van der Waals surface area contributed by atoms with Crippen molar-refractivity contribution in [3.63, 3.8) is 0 Å². The highest BCUT2D eigenvalue weighted by Crippen LogP contribution is 2.30. The van der Waals surface area contributed by atoms with Gasteiger partial charge in [-0.25, -0.2) is 12.7 Å². The number of rotatable bonds is 8. The molecule has 0 amide bonds. The Hall–Kier alpha value is -2.78. The second-order valence-electron chi connectivity index (χ2n) is 6.24. The minimum atomic E-state index is -3.54. The van der Waals surface area contributed by atoms with E-state index in [1.165, 1.54) is 18.4 Å². The van der Waals surface area contributed by atoms with E-state index < -0.39 is 10.0 Å². The summed E-state index contributed by atoms with van der Waals surface area (Å²) in [5.41, 5.74) is 1.40. The van der Waals surface area contributed by atoms with E-state index in [1.54, 1.807) is 38.4 Å². The van der Waals surface area contributed by atoms with Crippen LogP contribution in [0.25, 0.3) is 0 Å². The Kier molecular flexibility index (Phi) is 7.86. The molecule has 0 aliphatic heterocycles. The van der Waals surface area contributed by atoms with Crippen LogP contribution in [0.3, 0.4) is 0 Å². The van der Waals surface area contributed by atoms with E-state index in [0.717, 1.165) is 5.69 Å². The summed E-state index contributed by atoms with van der Waals surface area (Å²) in [6, 6.07) is 12.4. The summed E-state index contributed by atoms with van der Waals surface area (Å²) in [6.07, 6.45) is 0. The number of methoxy groups -OCH3 is 1. The second-order valence-corrected chi connectivity index (χ2v) is 8.36. The molecule has 2 rings (SSSR count). The first-order valence-electron chi connectivity index (χ1n) is 9.12. The van der Waals surface area contributed by atoms with Gasteiger partial charge in [-0.15, -0.1) is 0 Å². The molecule has 0 aliphatic rings. The quantitative estimate of drug-likeness (QED) is 0.504. The van der Waals surface area contributed by atoms with Crippen LogP contribution in [0, 0.1) is 0 Å². The zero-order chi connectivity index (χ0) is 21.4. The highest BCUT2D eigenvalue weighted by atomic mass is 32.2. The smallest absolute Gasteiger partial charge is 0.242 e. The fourth-order valence-electron chi connectivity index (χ4n) is 2.61. The minimum absolute atomic E-state index is 0.260. The van der Waals surface area contributed by atoms with Gasteiger partial charge in [0.2, 0.25) is 10.0 Å². The molecule has 0 bridgehead atoms. The number of guanidine groups is 1. The summed E-state index contributed by atoms with van der Waals surface area (Å²) < 4.78 is 37.2. The van der Waals surface area contributed by atoms with Gasteiger partial charge in [0.05, 0.1) is 18.6 Å². The number of benzene rings is 2. The maximum atomic E-state index is 12.5. The summed E-state index contributed by atoms with van der Waals surface area (Å²) in [6.45, 7) is 2.74. The van der Waals surface area contributed by atoms with Crippen LogP contribution in [0.15, 0.2) is 52.4 Å². The van der Waals surface area contributed by atoms with Gasteiger partial charge < -0.3 is 20.1 Å². The zero-order valence-corrected chi connectivity index (χ0v) is 18.2. The summed E-state index contributed by atoms with van der Waals surface area (Å²) >= 11 is 0. The van der Waals surface area contributed by atoms with Crippen molar-refractivity contribution in [2.24, 2.45) is 4.99 Å². The van der Waals surface area contributed by atoms with Gasteiger partial charge in [0.25, 0.3) is 0 Å². The highest BCUT2D eigenvalue weighted by Gasteiger charge is 2.20. The van der Waals surface area contributed by atoms with Crippen molar-refractivity contribution in [1.82, 2.24) is 9.62 Å². The van der Waals surface area contributed by atoms with Crippen LogP contribution in [0.5, 0.6) is 11.5 Å². The van der Waals surface area contributed by atoms with Gasteiger partial charge in [0.1, 0.15) is 0 Å². The van der Waals surface area contributed by atoms with Crippen molar-refractivity contribution < 1.29 is 17.9 Å². The van der Waals surface area contributed by atoms with Gasteiger partial charge in [-0.2, -0.15) is 0 Å². The van der Waals surface area contributed by atoms with Crippen LogP contribution < -0.4 is 20.1 Å². The first-order chi connectivity index (χ1) is 13.8. The van der Waals surface area contributed by atoms with Crippen molar-refractivity contribution in [2.75, 3.05) is 40.2 Å². The molecule has 0 radical (unpaired) electrons. The Morgan fingerprint density at radius 3 is 2.48 bits per heavy atom. The Balaban J connectivity index is 2.15. The zero-order valence-electron chi connectivity index (χ0n) is 17.4. The number of nitrogens with one attached hydrogen (secondary N) is 2. The molecule has 2 N–H and O–H groups in total. The van der Waals surface area contributed by atoms with Crippen LogP contribution in [0.4, 0.5) is 5.69 Å². The molecule has 0 aromatic heterocycles. The lowest BCUT2D eigenvalue weighted by Gasteiger charge is -2.17. The van der Waals surface area contributed by atoms with Crippen LogP contribution in [-0.4, -0.2) is 53.5 Å². The molecule has 158 valence electrons. The molecule has 0 saturated heterocycles. The number of sulfonamides is 1. The molecule has 2 aromatic rings. The van der Waals surface area contributed by atoms with Crippen LogP contribution in [0.2, 0.25) is 0 Å². The largest absolute Gasteiger partial charge is 0.493 e. The molecule has 8 nitrogen and oxygen atoms in total. The summed E-state index contributed by atoms with van der Waals surface area (Å²) in [4.78, 5) is 4.46. The fraction of sp³-hybridized carbons (Fsp3) is 0.350. The van der Waals surface area contributed by atoms with Crippen molar-refractivity contribution in [2.45, 2.75) is 18.4 Å². The van der Waals surface area contributed by atoms with Gasteiger partial charge in [-0.05, 0) is 30.7 Å². The number of nitrogens with zero attached hydrogens (tertiary/aromatic N) is 2. The average molecular weight is 421 g/mol. The molecule has 0 atom stereocenters. The fourth-order valence-corrected chi connectivity index (χ4v) is 3.73. The third-order valence-electron chi connectivity index (χ3n) is 4.13. The predicted molar refractivity (Wildman–Crippen MR) is 115 cm³/mol. The van der Waals surface area contributed by atoms with Crippen molar-refractivity contribution in [3.05, 3.63) is 48.0 Å². The van der Waals surface area contributed by atoms with E-state index >= 15 is 0 Å². The van der Waals surface area contributed by atoms with E-state index in [0.29, 0.717) is 29.6 Å². The van der Waals surface area contributed by atoms with Crippen molar-refractivity contribution in [3.8, 4) is 11.5 Å². The van der Waals surface area contributed by atoms with Gasteiger partial charge >= 0.3 is 0 Å². The lowest BCUT2D eigenvalue weighted by Crippen LogP contribution is -2.31. The number of ether oxygens (including phenoxy) is 2. The SMILES string of the molecule is CCOc1ccc(NC(=NC)NCc2ccccc2S(=O)(=O)N(C)C)cc1OC. The number of aliphatic imine (C=N–C) groups is 1. The number of hydrogen-bond donors (Lipinski definition) is 2. The summed E-state index contributed by atoms with van der Waals surface area (Å²) in [7, 11) is 2.71. The lowest BCUT2D eigenvalue weighted by atomic mass is 10.2. The molecule has 29 heavy (non-hydrogen) atoms. The minimum Gasteiger partial charge on any atom is -0.493 e. The van der Waals surface area contributed by atoms with E-state index in [2.05, 4.69) is 15.6 Å². The van der Waals surface area contributed by atoms with Gasteiger partial charge in [0.15, 0.2) is 17.5 Å². The third kappa shape index (κ3) is 5.61. The molecule has 0 heterocycles. The Labute approximate surface area is 172 Å². The van der Waals surface area contributed by atoms with E-state index in [1.807, 2.05) is 25.1 Å². The molecule has 2 aromatic carbocycles. The lowest BCUT2D eigenvalue weighted by molar-refractivity contribution is 0.311. The Bertz CT molecular complexity index is 959. The van der Waals surface area contributed by atoms with Gasteiger partial charge in [-0.3, -0.25) is 4.99 Å². The number of anilines is 1. The van der Waals surface area contributed by atoms with E-state index in [9.17, 15) is 8.42 Å². The highest BCUT2D eigenvalue weighted by molar-refractivity contribution is 7.89. The van der Waals surface area contributed by atoms with Gasteiger partial charge in [-0.1, -0.05) is 18.2 Å². The molecular formula is C20H28N4O4S. The maximum Gasteiger partial charge on any atom is 0.242 e. The number of hydrogen-bond acceptors (Lipinski definition) is 5. The van der Waals surface area contributed by atoms with E-state index in [-0.39, 0.29) is 11.4 Å². The average Bonchev–Trinajstić information content (AvgIpc) is 2.72. The topological polar surface area (TPSA) is 92.3 Å². The molecular weight excluding hydrogens is 392 g/mol. The Morgan fingerprint density at radius 1 is 1.14 bits per heavy atom. The van der Waals surface area contributed by atoms with Crippen LogP contribution in [0.1, 0.15) is 12.5 Å². The molecule has 9 heteroatoms. The monoisotopic (exact) mass is 420 g/mol. The van der Waals surface area contributed by atoms with Crippen LogP contribution in [-0.2, 0) is 16.6 Å².